The lowest BCUT2D eigenvalue weighted by molar-refractivity contribution is -0.138. The van der Waals surface area contributed by atoms with E-state index in [0.717, 1.165) is 57.5 Å². The number of carbonyl (C=O) groups excluding carboxylic acids is 1. The van der Waals surface area contributed by atoms with Gasteiger partial charge in [0.2, 0.25) is 15.9 Å². The molecule has 0 spiro atoms. The largest absolute Gasteiger partial charge is 0.370 e. The van der Waals surface area contributed by atoms with Gasteiger partial charge in [0.1, 0.15) is 11.5 Å². The van der Waals surface area contributed by atoms with Gasteiger partial charge >= 0.3 is 0 Å². The van der Waals surface area contributed by atoms with Crippen molar-refractivity contribution in [2.75, 3.05) is 66.1 Å². The van der Waals surface area contributed by atoms with Gasteiger partial charge in [-0.25, -0.2) is 8.42 Å². The smallest absolute Gasteiger partial charge is 0.248 e. The molecule has 2 aromatic rings. The summed E-state index contributed by atoms with van der Waals surface area (Å²) in [5.41, 5.74) is 0. The highest BCUT2D eigenvalue weighted by Crippen LogP contribution is 2.35. The summed E-state index contributed by atoms with van der Waals surface area (Å²) >= 11 is 6.46. The molecule has 0 aromatic heterocycles. The molecule has 1 atom stereocenters. The van der Waals surface area contributed by atoms with Crippen LogP contribution in [-0.4, -0.2) is 111 Å². The molecule has 3 heterocycles. The van der Waals surface area contributed by atoms with Gasteiger partial charge in [0.05, 0.1) is 11.6 Å². The number of fused-ring (bicyclic) bond motifs is 1. The van der Waals surface area contributed by atoms with Crippen LogP contribution in [0.4, 0.5) is 0 Å². The van der Waals surface area contributed by atoms with Crippen LogP contribution in [0.5, 0.6) is 0 Å². The Morgan fingerprint density at radius 2 is 1.68 bits per heavy atom. The number of piperidine rings is 2. The Kier molecular flexibility index (Phi) is 8.92. The van der Waals surface area contributed by atoms with Crippen LogP contribution >= 0.6 is 11.6 Å². The van der Waals surface area contributed by atoms with E-state index in [1.165, 1.54) is 17.1 Å². The minimum Gasteiger partial charge on any atom is -0.370 e. The summed E-state index contributed by atoms with van der Waals surface area (Å²) in [7, 11) is -1.67. The van der Waals surface area contributed by atoms with Crippen molar-refractivity contribution >= 4 is 38.3 Å². The number of ether oxygens (including phenoxy) is 1. The number of hydrogen-bond acceptors (Lipinski definition) is 6. The van der Waals surface area contributed by atoms with Gasteiger partial charge in [0, 0.05) is 50.2 Å². The number of likely N-dealkylation sites (tertiary alicyclic amines) is 1. The van der Waals surface area contributed by atoms with Crippen molar-refractivity contribution in [3.63, 3.8) is 0 Å². The van der Waals surface area contributed by atoms with Crippen LogP contribution in [-0.2, 0) is 19.6 Å². The van der Waals surface area contributed by atoms with E-state index in [2.05, 4.69) is 16.8 Å². The molecule has 3 aliphatic heterocycles. The summed E-state index contributed by atoms with van der Waals surface area (Å²) in [6, 6.07) is 11.2. The predicted molar refractivity (Wildman–Crippen MR) is 150 cm³/mol. The molecule has 5 rings (SSSR count). The summed E-state index contributed by atoms with van der Waals surface area (Å²) in [4.78, 5) is 19.8. The summed E-state index contributed by atoms with van der Waals surface area (Å²) in [5, 5.41) is 1.69. The quantitative estimate of drug-likeness (QED) is 0.516. The molecule has 0 radical (unpaired) electrons. The van der Waals surface area contributed by atoms with Gasteiger partial charge in [0.25, 0.3) is 0 Å². The summed E-state index contributed by atoms with van der Waals surface area (Å²) in [6.45, 7) is 6.12. The molecule has 10 heteroatoms. The lowest BCUT2D eigenvalue weighted by atomic mass is 10.0. The Morgan fingerprint density at radius 1 is 0.947 bits per heavy atom. The number of nitrogens with zero attached hydrogens (tertiary/aromatic N) is 4. The van der Waals surface area contributed by atoms with E-state index >= 15 is 0 Å². The first-order valence-electron chi connectivity index (χ1n) is 13.8. The number of halogens is 1. The number of rotatable bonds is 7. The van der Waals surface area contributed by atoms with E-state index in [0.29, 0.717) is 24.4 Å². The third-order valence-electron chi connectivity index (χ3n) is 8.38. The third kappa shape index (κ3) is 6.03. The van der Waals surface area contributed by atoms with E-state index in [1.54, 1.807) is 12.1 Å². The molecule has 208 valence electrons. The van der Waals surface area contributed by atoms with E-state index in [9.17, 15) is 13.2 Å². The monoisotopic (exact) mass is 562 g/mol. The first kappa shape index (κ1) is 27.8. The van der Waals surface area contributed by atoms with Crippen molar-refractivity contribution in [1.82, 2.24) is 19.0 Å². The Morgan fingerprint density at radius 3 is 2.45 bits per heavy atom. The molecule has 38 heavy (non-hydrogen) atoms. The number of benzene rings is 2. The van der Waals surface area contributed by atoms with Gasteiger partial charge in [0.15, 0.2) is 0 Å². The second-order valence-electron chi connectivity index (χ2n) is 10.8. The molecule has 0 saturated carbocycles. The molecule has 3 fully saturated rings. The van der Waals surface area contributed by atoms with Gasteiger partial charge in [-0.3, -0.25) is 9.69 Å². The van der Waals surface area contributed by atoms with Crippen molar-refractivity contribution in [3.8, 4) is 0 Å². The summed E-state index contributed by atoms with van der Waals surface area (Å²) in [6.07, 6.45) is 4.80. The van der Waals surface area contributed by atoms with Crippen LogP contribution in [0.15, 0.2) is 41.3 Å². The molecule has 1 unspecified atom stereocenters. The van der Waals surface area contributed by atoms with Gasteiger partial charge in [-0.2, -0.15) is 4.31 Å². The average Bonchev–Trinajstić information content (AvgIpc) is 2.93. The topological polar surface area (TPSA) is 73.4 Å². The van der Waals surface area contributed by atoms with E-state index in [4.69, 9.17) is 16.3 Å². The zero-order valence-corrected chi connectivity index (χ0v) is 23.8. The second-order valence-corrected chi connectivity index (χ2v) is 13.1. The molecule has 8 nitrogen and oxygen atoms in total. The fourth-order valence-electron chi connectivity index (χ4n) is 6.12. The van der Waals surface area contributed by atoms with Crippen LogP contribution in [0.2, 0.25) is 5.02 Å². The highest BCUT2D eigenvalue weighted by Gasteiger charge is 2.36. The van der Waals surface area contributed by atoms with Crippen molar-refractivity contribution in [1.29, 1.82) is 0 Å². The van der Waals surface area contributed by atoms with Gasteiger partial charge in [-0.15, -0.1) is 0 Å². The first-order valence-corrected chi connectivity index (χ1v) is 15.6. The average molecular weight is 563 g/mol. The minimum absolute atomic E-state index is 0.0182. The molecule has 0 N–H and O–H groups in total. The number of hydrogen-bond donors (Lipinski definition) is 0. The van der Waals surface area contributed by atoms with Crippen LogP contribution in [0.3, 0.4) is 0 Å². The maximum atomic E-state index is 13.9. The molecule has 0 bridgehead atoms. The fourth-order valence-corrected chi connectivity index (χ4v) is 8.52. The Hall–Kier alpha value is -1.75. The summed E-state index contributed by atoms with van der Waals surface area (Å²) < 4.78 is 35.1. The Balaban J connectivity index is 1.17. The maximum absolute atomic E-state index is 13.9. The molecule has 0 aliphatic carbocycles. The van der Waals surface area contributed by atoms with Crippen LogP contribution in [0.1, 0.15) is 32.1 Å². The fraction of sp³-hybridized carbons (Fsp3) is 0.607. The Bertz CT molecular complexity index is 1230. The molecule has 1 amide bonds. The third-order valence-corrected chi connectivity index (χ3v) is 10.9. The molecular formula is C28H39ClN4O4S. The molecule has 3 aliphatic rings. The molecular weight excluding hydrogens is 524 g/mol. The second kappa shape index (κ2) is 12.2. The lowest BCUT2D eigenvalue weighted by Crippen LogP contribution is -2.54. The zero-order chi connectivity index (χ0) is 26.7. The van der Waals surface area contributed by atoms with Gasteiger partial charge in [-0.05, 0) is 57.3 Å². The SMILES string of the molecule is CN1CCC(N2CCN(C(=O)COCC3CCCCN3S(=O)(=O)c3c(Cl)ccc4ccccc34)CC2)CC1. The number of amides is 1. The van der Waals surface area contributed by atoms with Crippen LogP contribution in [0, 0.1) is 0 Å². The van der Waals surface area contributed by atoms with Crippen molar-refractivity contribution in [3.05, 3.63) is 41.4 Å². The standard InChI is InChI=1S/C28H39ClN4O4S/c1-30-14-11-23(12-15-30)31-16-18-32(19-17-31)27(34)21-37-20-24-7-4-5-13-33(24)38(35,36)28-25-8-3-2-6-22(25)9-10-26(28)29/h2-3,6,8-10,23-24H,4-5,7,11-21H2,1H3. The van der Waals surface area contributed by atoms with Gasteiger partial charge < -0.3 is 14.5 Å². The number of carbonyl (C=O) groups is 1. The van der Waals surface area contributed by atoms with Crippen molar-refractivity contribution in [2.24, 2.45) is 0 Å². The highest BCUT2D eigenvalue weighted by molar-refractivity contribution is 7.89. The van der Waals surface area contributed by atoms with Crippen molar-refractivity contribution < 1.29 is 17.9 Å². The first-order chi connectivity index (χ1) is 18.3. The van der Waals surface area contributed by atoms with E-state index in [-0.39, 0.29) is 35.1 Å². The summed E-state index contributed by atoms with van der Waals surface area (Å²) in [5.74, 6) is -0.0182. The minimum atomic E-state index is -3.84. The van der Waals surface area contributed by atoms with Gasteiger partial charge in [-0.1, -0.05) is 48.4 Å². The lowest BCUT2D eigenvalue weighted by Gasteiger charge is -2.42. The van der Waals surface area contributed by atoms with Crippen LogP contribution in [0.25, 0.3) is 10.8 Å². The van der Waals surface area contributed by atoms with Crippen molar-refractivity contribution in [2.45, 2.75) is 49.1 Å². The number of piperazine rings is 1. The Labute approximate surface area is 231 Å². The highest BCUT2D eigenvalue weighted by atomic mass is 35.5. The predicted octanol–water partition coefficient (Wildman–Crippen LogP) is 3.29. The molecule has 3 saturated heterocycles. The maximum Gasteiger partial charge on any atom is 0.248 e. The van der Waals surface area contributed by atoms with Crippen LogP contribution < -0.4 is 0 Å². The van der Waals surface area contributed by atoms with E-state index < -0.39 is 10.0 Å². The molecule has 2 aromatic carbocycles. The normalized spacial score (nSPS) is 23.2. The zero-order valence-electron chi connectivity index (χ0n) is 22.2. The number of sulfonamides is 1. The van der Waals surface area contributed by atoms with E-state index in [1.807, 2.05) is 29.2 Å².